The quantitative estimate of drug-likeness (QED) is 0.713. The zero-order valence-corrected chi connectivity index (χ0v) is 7.53. The Morgan fingerprint density at radius 3 is 2.46 bits per heavy atom. The smallest absolute Gasteiger partial charge is 0.188 e. The maximum absolute atomic E-state index is 11.0. The predicted molar refractivity (Wildman–Crippen MR) is 51.3 cm³/mol. The summed E-state index contributed by atoms with van der Waals surface area (Å²) in [5, 5.41) is 9.46. The average molecular weight is 176 g/mol. The minimum Gasteiger partial charge on any atom is -0.380 e. The second kappa shape index (κ2) is 4.01. The molecule has 68 valence electrons. The summed E-state index contributed by atoms with van der Waals surface area (Å²) >= 11 is 0. The van der Waals surface area contributed by atoms with E-state index in [2.05, 4.69) is 6.58 Å². The first-order valence-electron chi connectivity index (χ1n) is 4.06. The summed E-state index contributed by atoms with van der Waals surface area (Å²) in [6.45, 7) is 5.27. The maximum atomic E-state index is 11.0. The van der Waals surface area contributed by atoms with Gasteiger partial charge in [0.15, 0.2) is 5.78 Å². The zero-order valence-electron chi connectivity index (χ0n) is 7.53. The van der Waals surface area contributed by atoms with E-state index in [0.717, 1.165) is 11.6 Å². The summed E-state index contributed by atoms with van der Waals surface area (Å²) < 4.78 is 0. The number of ketones is 1. The molecule has 2 heteroatoms. The molecule has 0 amide bonds. The van der Waals surface area contributed by atoms with E-state index < -0.39 is 6.10 Å². The van der Waals surface area contributed by atoms with Crippen LogP contribution in [0.25, 0.3) is 0 Å². The largest absolute Gasteiger partial charge is 0.380 e. The molecule has 13 heavy (non-hydrogen) atoms. The molecule has 0 aliphatic carbocycles. The van der Waals surface area contributed by atoms with E-state index in [4.69, 9.17) is 0 Å². The highest BCUT2D eigenvalue weighted by Crippen LogP contribution is 2.14. The molecule has 0 saturated carbocycles. The molecule has 1 rings (SSSR count). The number of rotatable bonds is 3. The van der Waals surface area contributed by atoms with Crippen LogP contribution in [0.3, 0.4) is 0 Å². The molecule has 0 radical (unpaired) electrons. The van der Waals surface area contributed by atoms with Crippen LogP contribution < -0.4 is 0 Å². The van der Waals surface area contributed by atoms with Crippen LogP contribution in [0.1, 0.15) is 17.2 Å². The van der Waals surface area contributed by atoms with Gasteiger partial charge < -0.3 is 5.11 Å². The molecule has 1 N–H and O–H groups in total. The second-order valence-electron chi connectivity index (χ2n) is 2.92. The van der Waals surface area contributed by atoms with Crippen molar-refractivity contribution in [2.24, 2.45) is 0 Å². The standard InChI is InChI=1S/C11H12O2/c1-3-10(12)11(13)9-6-4-8(2)5-7-9/h3-7,11,13H,1H2,2H3. The number of carbonyl (C=O) groups is 1. The van der Waals surface area contributed by atoms with Crippen molar-refractivity contribution in [1.29, 1.82) is 0 Å². The van der Waals surface area contributed by atoms with Gasteiger partial charge in [-0.15, -0.1) is 0 Å². The number of aliphatic hydroxyl groups is 1. The Hall–Kier alpha value is -1.41. The van der Waals surface area contributed by atoms with Crippen molar-refractivity contribution < 1.29 is 9.90 Å². The van der Waals surface area contributed by atoms with Crippen molar-refractivity contribution in [3.63, 3.8) is 0 Å². The predicted octanol–water partition coefficient (Wildman–Crippen LogP) is 1.78. The Morgan fingerprint density at radius 2 is 2.00 bits per heavy atom. The van der Waals surface area contributed by atoms with Gasteiger partial charge in [-0.05, 0) is 18.6 Å². The van der Waals surface area contributed by atoms with E-state index in [1.54, 1.807) is 12.1 Å². The molecule has 0 saturated heterocycles. The third kappa shape index (κ3) is 2.26. The molecule has 1 aromatic carbocycles. The Labute approximate surface area is 77.5 Å². The number of benzene rings is 1. The fourth-order valence-corrected chi connectivity index (χ4v) is 1.02. The zero-order chi connectivity index (χ0) is 9.84. The highest BCUT2D eigenvalue weighted by Gasteiger charge is 2.12. The van der Waals surface area contributed by atoms with E-state index in [-0.39, 0.29) is 5.78 Å². The molecule has 1 aromatic rings. The van der Waals surface area contributed by atoms with Crippen molar-refractivity contribution >= 4 is 5.78 Å². The van der Waals surface area contributed by atoms with Gasteiger partial charge in [0.05, 0.1) is 0 Å². The molecule has 0 bridgehead atoms. The molecule has 0 heterocycles. The molecule has 0 aromatic heterocycles. The van der Waals surface area contributed by atoms with Crippen LogP contribution in [0, 0.1) is 6.92 Å². The third-order valence-electron chi connectivity index (χ3n) is 1.86. The normalized spacial score (nSPS) is 12.2. The summed E-state index contributed by atoms with van der Waals surface area (Å²) in [5.41, 5.74) is 1.71. The molecule has 1 atom stereocenters. The Morgan fingerprint density at radius 1 is 1.46 bits per heavy atom. The number of aliphatic hydroxyl groups excluding tert-OH is 1. The van der Waals surface area contributed by atoms with Crippen LogP contribution in [0.15, 0.2) is 36.9 Å². The fourth-order valence-electron chi connectivity index (χ4n) is 1.02. The number of carbonyl (C=O) groups excluding carboxylic acids is 1. The topological polar surface area (TPSA) is 37.3 Å². The lowest BCUT2D eigenvalue weighted by Gasteiger charge is -2.06. The average Bonchev–Trinajstić information content (AvgIpc) is 2.17. The Balaban J connectivity index is 2.89. The lowest BCUT2D eigenvalue weighted by molar-refractivity contribution is -0.122. The lowest BCUT2D eigenvalue weighted by Crippen LogP contribution is -2.08. The van der Waals surface area contributed by atoms with Crippen molar-refractivity contribution in [1.82, 2.24) is 0 Å². The molecule has 2 nitrogen and oxygen atoms in total. The molecule has 0 aliphatic heterocycles. The van der Waals surface area contributed by atoms with Crippen LogP contribution >= 0.6 is 0 Å². The highest BCUT2D eigenvalue weighted by molar-refractivity contribution is 5.93. The summed E-state index contributed by atoms with van der Waals surface area (Å²) in [5.74, 6) is -0.371. The van der Waals surface area contributed by atoms with Gasteiger partial charge in [0, 0.05) is 0 Å². The SMILES string of the molecule is C=CC(=O)C(O)c1ccc(C)cc1. The summed E-state index contributed by atoms with van der Waals surface area (Å²) in [7, 11) is 0. The van der Waals surface area contributed by atoms with E-state index in [0.29, 0.717) is 5.56 Å². The van der Waals surface area contributed by atoms with Crippen LogP contribution in [-0.2, 0) is 4.79 Å². The van der Waals surface area contributed by atoms with Crippen LogP contribution in [-0.4, -0.2) is 10.9 Å². The first-order valence-corrected chi connectivity index (χ1v) is 4.06. The number of hydrogen-bond donors (Lipinski definition) is 1. The van der Waals surface area contributed by atoms with E-state index >= 15 is 0 Å². The van der Waals surface area contributed by atoms with Crippen LogP contribution in [0.5, 0.6) is 0 Å². The first-order chi connectivity index (χ1) is 6.15. The molecular weight excluding hydrogens is 164 g/mol. The van der Waals surface area contributed by atoms with Crippen LogP contribution in [0.2, 0.25) is 0 Å². The molecule has 0 aliphatic rings. The van der Waals surface area contributed by atoms with Gasteiger partial charge in [-0.3, -0.25) is 4.79 Å². The Kier molecular flexibility index (Phi) is 2.98. The fraction of sp³-hybridized carbons (Fsp3) is 0.182. The highest BCUT2D eigenvalue weighted by atomic mass is 16.3. The summed E-state index contributed by atoms with van der Waals surface area (Å²) in [6.07, 6.45) is 0.0583. The molecule has 0 spiro atoms. The van der Waals surface area contributed by atoms with E-state index in [1.807, 2.05) is 19.1 Å². The van der Waals surface area contributed by atoms with Crippen molar-refractivity contribution in [2.75, 3.05) is 0 Å². The molecule has 0 fully saturated rings. The second-order valence-corrected chi connectivity index (χ2v) is 2.92. The first kappa shape index (κ1) is 9.68. The van der Waals surface area contributed by atoms with Gasteiger partial charge in [0.1, 0.15) is 6.10 Å². The maximum Gasteiger partial charge on any atom is 0.188 e. The van der Waals surface area contributed by atoms with Gasteiger partial charge in [-0.2, -0.15) is 0 Å². The van der Waals surface area contributed by atoms with Gasteiger partial charge in [-0.1, -0.05) is 36.4 Å². The van der Waals surface area contributed by atoms with Crippen molar-refractivity contribution in [3.8, 4) is 0 Å². The number of hydrogen-bond acceptors (Lipinski definition) is 2. The molecule has 1 unspecified atom stereocenters. The lowest BCUT2D eigenvalue weighted by atomic mass is 10.0. The number of aryl methyl sites for hydroxylation is 1. The van der Waals surface area contributed by atoms with Gasteiger partial charge in [0.2, 0.25) is 0 Å². The van der Waals surface area contributed by atoms with Crippen LogP contribution in [0.4, 0.5) is 0 Å². The van der Waals surface area contributed by atoms with Gasteiger partial charge in [0.25, 0.3) is 0 Å². The van der Waals surface area contributed by atoms with Gasteiger partial charge >= 0.3 is 0 Å². The summed E-state index contributed by atoms with van der Waals surface area (Å²) in [6, 6.07) is 7.19. The summed E-state index contributed by atoms with van der Waals surface area (Å²) in [4.78, 5) is 11.0. The van der Waals surface area contributed by atoms with E-state index in [9.17, 15) is 9.90 Å². The monoisotopic (exact) mass is 176 g/mol. The van der Waals surface area contributed by atoms with Crippen molar-refractivity contribution in [2.45, 2.75) is 13.0 Å². The Bertz CT molecular complexity index is 311. The van der Waals surface area contributed by atoms with Crippen molar-refractivity contribution in [3.05, 3.63) is 48.0 Å². The molecular formula is C11H12O2. The van der Waals surface area contributed by atoms with Gasteiger partial charge in [-0.25, -0.2) is 0 Å². The van der Waals surface area contributed by atoms with E-state index in [1.165, 1.54) is 0 Å². The third-order valence-corrected chi connectivity index (χ3v) is 1.86. The minimum absolute atomic E-state index is 0.371. The minimum atomic E-state index is -1.07.